The SMILES string of the molecule is CCOC(=O)c1cc(S(N)(=O)=O)cn1CC1CCCCC1. The summed E-state index contributed by atoms with van der Waals surface area (Å²) in [4.78, 5) is 11.9. The van der Waals surface area contributed by atoms with Gasteiger partial charge in [-0.3, -0.25) is 0 Å². The number of primary sulfonamides is 1. The second-order valence-electron chi connectivity index (χ2n) is 5.48. The molecule has 1 aliphatic rings. The van der Waals surface area contributed by atoms with Crippen molar-refractivity contribution in [2.75, 3.05) is 6.61 Å². The maximum atomic E-state index is 12.0. The third-order valence-corrected chi connectivity index (χ3v) is 4.74. The van der Waals surface area contributed by atoms with Crippen LogP contribution in [0.4, 0.5) is 0 Å². The van der Waals surface area contributed by atoms with Crippen LogP contribution in [0.2, 0.25) is 0 Å². The molecule has 7 heteroatoms. The Bertz CT molecular complexity index is 600. The molecule has 0 radical (unpaired) electrons. The molecule has 2 N–H and O–H groups in total. The average molecular weight is 314 g/mol. The number of nitrogens with zero attached hydrogens (tertiary/aromatic N) is 1. The van der Waals surface area contributed by atoms with E-state index in [-0.39, 0.29) is 17.2 Å². The zero-order chi connectivity index (χ0) is 15.5. The number of rotatable bonds is 5. The zero-order valence-corrected chi connectivity index (χ0v) is 13.1. The first-order chi connectivity index (χ1) is 9.91. The fourth-order valence-electron chi connectivity index (χ4n) is 2.81. The van der Waals surface area contributed by atoms with Crippen molar-refractivity contribution in [2.45, 2.75) is 50.5 Å². The summed E-state index contributed by atoms with van der Waals surface area (Å²) in [5, 5.41) is 5.15. The van der Waals surface area contributed by atoms with Gasteiger partial charge in [0.25, 0.3) is 0 Å². The topological polar surface area (TPSA) is 91.4 Å². The summed E-state index contributed by atoms with van der Waals surface area (Å²) in [5.74, 6) is -0.0455. The van der Waals surface area contributed by atoms with Gasteiger partial charge in [0.15, 0.2) is 0 Å². The summed E-state index contributed by atoms with van der Waals surface area (Å²) in [7, 11) is -3.82. The summed E-state index contributed by atoms with van der Waals surface area (Å²) in [6, 6.07) is 1.30. The highest BCUT2D eigenvalue weighted by Gasteiger charge is 2.22. The fourth-order valence-corrected chi connectivity index (χ4v) is 3.36. The van der Waals surface area contributed by atoms with Gasteiger partial charge < -0.3 is 9.30 Å². The monoisotopic (exact) mass is 314 g/mol. The van der Waals surface area contributed by atoms with Gasteiger partial charge in [-0.25, -0.2) is 18.4 Å². The zero-order valence-electron chi connectivity index (χ0n) is 12.2. The molecule has 1 aromatic heterocycles. The summed E-state index contributed by atoms with van der Waals surface area (Å²) in [6.45, 7) is 2.59. The number of hydrogen-bond donors (Lipinski definition) is 1. The third kappa shape index (κ3) is 4.07. The van der Waals surface area contributed by atoms with E-state index in [0.29, 0.717) is 12.5 Å². The van der Waals surface area contributed by atoms with Crippen molar-refractivity contribution in [3.8, 4) is 0 Å². The van der Waals surface area contributed by atoms with Gasteiger partial charge in [-0.15, -0.1) is 0 Å². The quantitative estimate of drug-likeness (QED) is 0.840. The molecular weight excluding hydrogens is 292 g/mol. The molecule has 6 nitrogen and oxygen atoms in total. The van der Waals surface area contributed by atoms with Crippen LogP contribution in [-0.4, -0.2) is 25.6 Å². The molecule has 0 amide bonds. The summed E-state index contributed by atoms with van der Waals surface area (Å²) < 4.78 is 29.6. The predicted octanol–water partition coefficient (Wildman–Crippen LogP) is 1.89. The van der Waals surface area contributed by atoms with E-state index in [4.69, 9.17) is 9.88 Å². The van der Waals surface area contributed by atoms with E-state index in [9.17, 15) is 13.2 Å². The Labute approximate surface area is 125 Å². The van der Waals surface area contributed by atoms with E-state index < -0.39 is 16.0 Å². The number of esters is 1. The highest BCUT2D eigenvalue weighted by molar-refractivity contribution is 7.89. The molecule has 0 atom stereocenters. The van der Waals surface area contributed by atoms with Gasteiger partial charge in [0, 0.05) is 12.7 Å². The molecule has 0 aliphatic heterocycles. The molecule has 0 bridgehead atoms. The van der Waals surface area contributed by atoms with Gasteiger partial charge >= 0.3 is 5.97 Å². The van der Waals surface area contributed by atoms with Crippen LogP contribution in [0.1, 0.15) is 49.5 Å². The number of ether oxygens (including phenoxy) is 1. The molecule has 0 saturated heterocycles. The number of aromatic nitrogens is 1. The number of sulfonamides is 1. The van der Waals surface area contributed by atoms with Crippen LogP contribution in [0.5, 0.6) is 0 Å². The Hall–Kier alpha value is -1.34. The lowest BCUT2D eigenvalue weighted by Crippen LogP contribution is -2.18. The second kappa shape index (κ2) is 6.62. The molecule has 0 aromatic carbocycles. The van der Waals surface area contributed by atoms with Gasteiger partial charge in [0.2, 0.25) is 10.0 Å². The lowest BCUT2D eigenvalue weighted by atomic mass is 9.89. The summed E-state index contributed by atoms with van der Waals surface area (Å²) in [5.41, 5.74) is 0.256. The van der Waals surface area contributed by atoms with Gasteiger partial charge in [0.05, 0.1) is 6.61 Å². The second-order valence-corrected chi connectivity index (χ2v) is 7.04. The minimum Gasteiger partial charge on any atom is -0.461 e. The van der Waals surface area contributed by atoms with E-state index >= 15 is 0 Å². The molecule has 1 heterocycles. The van der Waals surface area contributed by atoms with Gasteiger partial charge in [0.1, 0.15) is 10.6 Å². The Balaban J connectivity index is 2.27. The molecule has 1 aliphatic carbocycles. The van der Waals surface area contributed by atoms with Crippen LogP contribution in [0, 0.1) is 5.92 Å². The van der Waals surface area contributed by atoms with Gasteiger partial charge in [-0.1, -0.05) is 19.3 Å². The Morgan fingerprint density at radius 1 is 1.38 bits per heavy atom. The van der Waals surface area contributed by atoms with Crippen molar-refractivity contribution in [3.05, 3.63) is 18.0 Å². The first-order valence-corrected chi connectivity index (χ1v) is 8.86. The van der Waals surface area contributed by atoms with Crippen LogP contribution in [-0.2, 0) is 21.3 Å². The molecule has 2 rings (SSSR count). The first kappa shape index (κ1) is 16.0. The Morgan fingerprint density at radius 2 is 2.05 bits per heavy atom. The standard InChI is InChI=1S/C14H22N2O4S/c1-2-20-14(17)13-8-12(21(15,18)19)10-16(13)9-11-6-4-3-5-7-11/h8,10-11H,2-7,9H2,1H3,(H2,15,18,19). The molecule has 118 valence electrons. The van der Waals surface area contributed by atoms with E-state index in [2.05, 4.69) is 0 Å². The van der Waals surface area contributed by atoms with E-state index in [1.54, 1.807) is 11.5 Å². The molecule has 0 spiro atoms. The van der Waals surface area contributed by atoms with Crippen LogP contribution in [0.3, 0.4) is 0 Å². The number of carbonyl (C=O) groups is 1. The highest BCUT2D eigenvalue weighted by Crippen LogP contribution is 2.26. The van der Waals surface area contributed by atoms with Crippen molar-refractivity contribution < 1.29 is 17.9 Å². The Kier molecular flexibility index (Phi) is 5.05. The molecule has 21 heavy (non-hydrogen) atoms. The van der Waals surface area contributed by atoms with Crippen molar-refractivity contribution in [2.24, 2.45) is 11.1 Å². The average Bonchev–Trinajstić information content (AvgIpc) is 2.84. The van der Waals surface area contributed by atoms with Crippen LogP contribution < -0.4 is 5.14 Å². The van der Waals surface area contributed by atoms with Crippen LogP contribution in [0.15, 0.2) is 17.2 Å². The lowest BCUT2D eigenvalue weighted by molar-refractivity contribution is 0.0512. The maximum Gasteiger partial charge on any atom is 0.354 e. The molecule has 0 unspecified atom stereocenters. The number of hydrogen-bond acceptors (Lipinski definition) is 4. The Morgan fingerprint density at radius 3 is 2.62 bits per heavy atom. The summed E-state index contributed by atoms with van der Waals surface area (Å²) in [6.07, 6.45) is 7.26. The van der Waals surface area contributed by atoms with Crippen LogP contribution in [0.25, 0.3) is 0 Å². The summed E-state index contributed by atoms with van der Waals surface area (Å²) >= 11 is 0. The molecular formula is C14H22N2O4S. The van der Waals surface area contributed by atoms with Gasteiger partial charge in [-0.2, -0.15) is 0 Å². The van der Waals surface area contributed by atoms with Crippen molar-refractivity contribution in [3.63, 3.8) is 0 Å². The van der Waals surface area contributed by atoms with Crippen molar-refractivity contribution in [1.29, 1.82) is 0 Å². The van der Waals surface area contributed by atoms with Crippen molar-refractivity contribution in [1.82, 2.24) is 4.57 Å². The largest absolute Gasteiger partial charge is 0.461 e. The first-order valence-electron chi connectivity index (χ1n) is 7.32. The van der Waals surface area contributed by atoms with E-state index in [1.165, 1.54) is 31.5 Å². The highest BCUT2D eigenvalue weighted by atomic mass is 32.2. The number of nitrogens with two attached hydrogens (primary N) is 1. The van der Waals surface area contributed by atoms with E-state index in [0.717, 1.165) is 12.8 Å². The van der Waals surface area contributed by atoms with Gasteiger partial charge in [-0.05, 0) is 31.7 Å². The predicted molar refractivity (Wildman–Crippen MR) is 78.3 cm³/mol. The molecule has 1 aromatic rings. The number of carbonyl (C=O) groups excluding carboxylic acids is 1. The minimum absolute atomic E-state index is 0.0404. The van der Waals surface area contributed by atoms with Crippen molar-refractivity contribution >= 4 is 16.0 Å². The normalized spacial score (nSPS) is 16.9. The molecule has 1 fully saturated rings. The van der Waals surface area contributed by atoms with Crippen LogP contribution >= 0.6 is 0 Å². The maximum absolute atomic E-state index is 12.0. The third-order valence-electron chi connectivity index (χ3n) is 3.86. The lowest BCUT2D eigenvalue weighted by Gasteiger charge is -2.22. The van der Waals surface area contributed by atoms with E-state index in [1.807, 2.05) is 0 Å². The molecule has 1 saturated carbocycles. The fraction of sp³-hybridized carbons (Fsp3) is 0.643. The smallest absolute Gasteiger partial charge is 0.354 e. The minimum atomic E-state index is -3.82.